The topological polar surface area (TPSA) is 37.3 Å². The number of aliphatic carboxylic acids is 1. The highest BCUT2D eigenvalue weighted by Crippen LogP contribution is 2.22. The highest BCUT2D eigenvalue weighted by Gasteiger charge is 2.29. The SMILES string of the molecule is C=CC(C(=O)O)[Si](C)(C)C. The van der Waals surface area contributed by atoms with Gasteiger partial charge in [-0.15, -0.1) is 6.58 Å². The van der Waals surface area contributed by atoms with E-state index in [1.165, 1.54) is 6.08 Å². The molecule has 1 unspecified atom stereocenters. The Bertz CT molecular complexity index is 146. The minimum atomic E-state index is -1.57. The summed E-state index contributed by atoms with van der Waals surface area (Å²) in [6.45, 7) is 9.57. The summed E-state index contributed by atoms with van der Waals surface area (Å²) in [6, 6.07) is 0. The van der Waals surface area contributed by atoms with Gasteiger partial charge in [-0.3, -0.25) is 4.79 Å². The van der Waals surface area contributed by atoms with Crippen molar-refractivity contribution in [3.63, 3.8) is 0 Å². The van der Waals surface area contributed by atoms with Crippen molar-refractivity contribution < 1.29 is 9.90 Å². The van der Waals surface area contributed by atoms with Crippen LogP contribution in [0.4, 0.5) is 0 Å². The first-order chi connectivity index (χ1) is 4.39. The second-order valence-corrected chi connectivity index (χ2v) is 8.77. The number of hydrogen-bond acceptors (Lipinski definition) is 1. The molecule has 0 rings (SSSR count). The van der Waals surface area contributed by atoms with Gasteiger partial charge in [0, 0.05) is 0 Å². The van der Waals surface area contributed by atoms with Crippen LogP contribution in [0.5, 0.6) is 0 Å². The molecule has 0 aromatic heterocycles. The van der Waals surface area contributed by atoms with Crippen molar-refractivity contribution in [3.8, 4) is 0 Å². The van der Waals surface area contributed by atoms with E-state index in [0.29, 0.717) is 0 Å². The molecule has 0 bridgehead atoms. The van der Waals surface area contributed by atoms with E-state index in [-0.39, 0.29) is 5.54 Å². The summed E-state index contributed by atoms with van der Waals surface area (Å²) >= 11 is 0. The summed E-state index contributed by atoms with van der Waals surface area (Å²) in [5.41, 5.74) is -0.313. The van der Waals surface area contributed by atoms with E-state index in [2.05, 4.69) is 6.58 Å². The standard InChI is InChI=1S/C7H14O2Si/c1-5-6(7(8)9)10(2,3)4/h5-6H,1H2,2-4H3,(H,8,9). The molecule has 0 heterocycles. The van der Waals surface area contributed by atoms with Crippen molar-refractivity contribution in [2.75, 3.05) is 0 Å². The Balaban J connectivity index is 4.36. The van der Waals surface area contributed by atoms with Crippen LogP contribution in [-0.2, 0) is 4.79 Å². The molecule has 10 heavy (non-hydrogen) atoms. The van der Waals surface area contributed by atoms with Crippen LogP contribution in [0.2, 0.25) is 25.2 Å². The third-order valence-corrected chi connectivity index (χ3v) is 3.78. The molecule has 0 saturated heterocycles. The molecule has 2 nitrogen and oxygen atoms in total. The molecule has 0 aliphatic rings. The Morgan fingerprint density at radius 2 is 2.00 bits per heavy atom. The molecule has 1 atom stereocenters. The Morgan fingerprint density at radius 3 is 2.00 bits per heavy atom. The maximum absolute atomic E-state index is 10.5. The zero-order valence-corrected chi connectivity index (χ0v) is 7.72. The molecule has 0 spiro atoms. The molecule has 1 N–H and O–H groups in total. The molecular formula is C7H14O2Si. The van der Waals surface area contributed by atoms with Crippen LogP contribution < -0.4 is 0 Å². The molecule has 0 aromatic carbocycles. The van der Waals surface area contributed by atoms with Crippen LogP contribution in [0.25, 0.3) is 0 Å². The van der Waals surface area contributed by atoms with Crippen molar-refractivity contribution in [2.24, 2.45) is 0 Å². The summed E-state index contributed by atoms with van der Waals surface area (Å²) in [7, 11) is -1.57. The molecular weight excluding hydrogens is 144 g/mol. The first-order valence-electron chi connectivity index (χ1n) is 3.25. The Labute approximate surface area is 62.6 Å². The van der Waals surface area contributed by atoms with E-state index >= 15 is 0 Å². The van der Waals surface area contributed by atoms with E-state index in [4.69, 9.17) is 5.11 Å². The largest absolute Gasteiger partial charge is 0.481 e. The lowest BCUT2D eigenvalue weighted by Crippen LogP contribution is -2.32. The second-order valence-electron chi connectivity index (χ2n) is 3.42. The van der Waals surface area contributed by atoms with Gasteiger partial charge < -0.3 is 5.11 Å². The molecule has 0 fully saturated rings. The van der Waals surface area contributed by atoms with Crippen molar-refractivity contribution in [1.29, 1.82) is 0 Å². The summed E-state index contributed by atoms with van der Waals surface area (Å²) in [5, 5.41) is 8.67. The van der Waals surface area contributed by atoms with Gasteiger partial charge in [0.2, 0.25) is 0 Å². The van der Waals surface area contributed by atoms with Crippen LogP contribution in [0.3, 0.4) is 0 Å². The highest BCUT2D eigenvalue weighted by atomic mass is 28.3. The highest BCUT2D eigenvalue weighted by molar-refractivity contribution is 6.80. The first-order valence-corrected chi connectivity index (χ1v) is 6.82. The van der Waals surface area contributed by atoms with Gasteiger partial charge in [-0.1, -0.05) is 25.7 Å². The Kier molecular flexibility index (Phi) is 2.84. The minimum Gasteiger partial charge on any atom is -0.481 e. The van der Waals surface area contributed by atoms with Crippen molar-refractivity contribution in [1.82, 2.24) is 0 Å². The normalized spacial score (nSPS) is 14.3. The lowest BCUT2D eigenvalue weighted by molar-refractivity contribution is -0.136. The number of hydrogen-bond donors (Lipinski definition) is 1. The fraction of sp³-hybridized carbons (Fsp3) is 0.571. The monoisotopic (exact) mass is 158 g/mol. The molecule has 0 aliphatic heterocycles. The smallest absolute Gasteiger partial charge is 0.307 e. The molecule has 0 aromatic rings. The predicted octanol–water partition coefficient (Wildman–Crippen LogP) is 1.97. The predicted molar refractivity (Wildman–Crippen MR) is 44.9 cm³/mol. The quantitative estimate of drug-likeness (QED) is 0.503. The van der Waals surface area contributed by atoms with Crippen molar-refractivity contribution in [3.05, 3.63) is 12.7 Å². The Morgan fingerprint density at radius 1 is 1.60 bits per heavy atom. The van der Waals surface area contributed by atoms with Crippen LogP contribution in [0.1, 0.15) is 0 Å². The summed E-state index contributed by atoms with van der Waals surface area (Å²) in [6.07, 6.45) is 1.54. The van der Waals surface area contributed by atoms with E-state index < -0.39 is 14.0 Å². The average molecular weight is 158 g/mol. The first kappa shape index (κ1) is 9.43. The van der Waals surface area contributed by atoms with Gasteiger partial charge in [0.05, 0.1) is 13.6 Å². The molecule has 3 heteroatoms. The molecule has 58 valence electrons. The van der Waals surface area contributed by atoms with Gasteiger partial charge in [0.15, 0.2) is 0 Å². The lowest BCUT2D eigenvalue weighted by Gasteiger charge is -2.21. The van der Waals surface area contributed by atoms with Crippen molar-refractivity contribution in [2.45, 2.75) is 25.2 Å². The van der Waals surface area contributed by atoms with Gasteiger partial charge in [-0.25, -0.2) is 0 Å². The third-order valence-electron chi connectivity index (χ3n) is 1.43. The number of carboxylic acids is 1. The number of rotatable bonds is 3. The van der Waals surface area contributed by atoms with Crippen LogP contribution >= 0.6 is 0 Å². The average Bonchev–Trinajstić information content (AvgIpc) is 1.60. The second kappa shape index (κ2) is 3.01. The zero-order chi connectivity index (χ0) is 8.36. The van der Waals surface area contributed by atoms with Gasteiger partial charge >= 0.3 is 5.97 Å². The van der Waals surface area contributed by atoms with E-state index in [0.717, 1.165) is 0 Å². The van der Waals surface area contributed by atoms with E-state index in [1.54, 1.807) is 0 Å². The number of carbonyl (C=O) groups is 1. The summed E-state index contributed by atoms with van der Waals surface area (Å²) < 4.78 is 0. The third kappa shape index (κ3) is 2.35. The van der Waals surface area contributed by atoms with Gasteiger partial charge in [-0.2, -0.15) is 0 Å². The summed E-state index contributed by atoms with van der Waals surface area (Å²) in [4.78, 5) is 10.5. The lowest BCUT2D eigenvalue weighted by atomic mass is 10.4. The molecule has 0 amide bonds. The Hall–Kier alpha value is -0.573. The van der Waals surface area contributed by atoms with Gasteiger partial charge in [-0.05, 0) is 0 Å². The number of carboxylic acid groups (broad SMARTS) is 1. The molecule has 0 aliphatic carbocycles. The molecule has 0 saturated carbocycles. The van der Waals surface area contributed by atoms with Crippen LogP contribution in [-0.4, -0.2) is 19.1 Å². The maximum Gasteiger partial charge on any atom is 0.307 e. The van der Waals surface area contributed by atoms with E-state index in [1.807, 2.05) is 19.6 Å². The zero-order valence-electron chi connectivity index (χ0n) is 6.72. The van der Waals surface area contributed by atoms with Crippen LogP contribution in [0, 0.1) is 0 Å². The van der Waals surface area contributed by atoms with E-state index in [9.17, 15) is 4.79 Å². The van der Waals surface area contributed by atoms with Gasteiger partial charge in [0.1, 0.15) is 0 Å². The summed E-state index contributed by atoms with van der Waals surface area (Å²) in [5.74, 6) is -0.742. The minimum absolute atomic E-state index is 0.313. The molecule has 0 radical (unpaired) electrons. The fourth-order valence-electron chi connectivity index (χ4n) is 0.825. The van der Waals surface area contributed by atoms with Crippen molar-refractivity contribution >= 4 is 14.0 Å². The van der Waals surface area contributed by atoms with Gasteiger partial charge in [0.25, 0.3) is 0 Å². The maximum atomic E-state index is 10.5. The van der Waals surface area contributed by atoms with Crippen LogP contribution in [0.15, 0.2) is 12.7 Å². The fourth-order valence-corrected chi connectivity index (χ4v) is 2.27.